The van der Waals surface area contributed by atoms with Gasteiger partial charge in [-0.1, -0.05) is 25.3 Å². The molecule has 2 unspecified atom stereocenters. The van der Waals surface area contributed by atoms with Crippen molar-refractivity contribution in [1.82, 2.24) is 4.98 Å². The molecule has 16 heavy (non-hydrogen) atoms. The predicted octanol–water partition coefficient (Wildman–Crippen LogP) is 1.68. The number of hydrogen-bond acceptors (Lipinski definition) is 3. The fourth-order valence-corrected chi connectivity index (χ4v) is 2.30. The molecular formula is C13H20N2O. The summed E-state index contributed by atoms with van der Waals surface area (Å²) >= 11 is 0. The molecule has 2 atom stereocenters. The number of nitrogens with zero attached hydrogens (tertiary/aromatic N) is 1. The van der Waals surface area contributed by atoms with Crippen LogP contribution in [0.4, 0.5) is 0 Å². The number of rotatable bonds is 5. The Balaban J connectivity index is 1.98. The van der Waals surface area contributed by atoms with Gasteiger partial charge in [-0.3, -0.25) is 4.98 Å². The molecule has 0 aliphatic heterocycles. The molecular weight excluding hydrogens is 200 g/mol. The van der Waals surface area contributed by atoms with E-state index in [0.29, 0.717) is 12.5 Å². The van der Waals surface area contributed by atoms with Gasteiger partial charge < -0.3 is 10.8 Å². The topological polar surface area (TPSA) is 59.1 Å². The first-order chi connectivity index (χ1) is 7.81. The maximum atomic E-state index is 10.2. The van der Waals surface area contributed by atoms with Gasteiger partial charge in [0.05, 0.1) is 6.10 Å². The lowest BCUT2D eigenvalue weighted by molar-refractivity contribution is 0.0939. The molecule has 3 N–H and O–H groups in total. The Kier molecular flexibility index (Phi) is 3.91. The van der Waals surface area contributed by atoms with Crippen LogP contribution in [0, 0.1) is 5.92 Å². The van der Waals surface area contributed by atoms with Crippen molar-refractivity contribution in [3.05, 3.63) is 30.1 Å². The third kappa shape index (κ3) is 2.60. The molecule has 2 rings (SSSR count). The summed E-state index contributed by atoms with van der Waals surface area (Å²) in [4.78, 5) is 4.28. The van der Waals surface area contributed by atoms with E-state index in [-0.39, 0.29) is 12.0 Å². The van der Waals surface area contributed by atoms with Crippen molar-refractivity contribution >= 4 is 0 Å². The summed E-state index contributed by atoms with van der Waals surface area (Å²) < 4.78 is 0. The van der Waals surface area contributed by atoms with Crippen LogP contribution < -0.4 is 5.73 Å². The van der Waals surface area contributed by atoms with Crippen LogP contribution in [0.25, 0.3) is 0 Å². The number of aliphatic hydroxyl groups is 1. The average Bonchev–Trinajstić information content (AvgIpc) is 2.26. The molecule has 1 fully saturated rings. The molecule has 0 amide bonds. The van der Waals surface area contributed by atoms with Gasteiger partial charge in [0.25, 0.3) is 0 Å². The SMILES string of the molecule is NCC(c1ccccn1)C(O)CC1CCC1. The van der Waals surface area contributed by atoms with Crippen LogP contribution in [0.3, 0.4) is 0 Å². The third-order valence-corrected chi connectivity index (χ3v) is 3.59. The van der Waals surface area contributed by atoms with Gasteiger partial charge in [0, 0.05) is 24.4 Å². The molecule has 88 valence electrons. The minimum atomic E-state index is -0.342. The Morgan fingerprint density at radius 1 is 1.44 bits per heavy atom. The van der Waals surface area contributed by atoms with Gasteiger partial charge in [0.1, 0.15) is 0 Å². The van der Waals surface area contributed by atoms with Crippen molar-refractivity contribution < 1.29 is 5.11 Å². The molecule has 1 aromatic rings. The Morgan fingerprint density at radius 2 is 2.25 bits per heavy atom. The van der Waals surface area contributed by atoms with Crippen molar-refractivity contribution in [3.8, 4) is 0 Å². The summed E-state index contributed by atoms with van der Waals surface area (Å²) in [7, 11) is 0. The normalized spacial score (nSPS) is 20.1. The Bertz CT molecular complexity index is 311. The fourth-order valence-electron chi connectivity index (χ4n) is 2.30. The molecule has 0 saturated heterocycles. The highest BCUT2D eigenvalue weighted by molar-refractivity contribution is 5.11. The summed E-state index contributed by atoms with van der Waals surface area (Å²) in [5, 5.41) is 10.2. The third-order valence-electron chi connectivity index (χ3n) is 3.59. The number of hydrogen-bond donors (Lipinski definition) is 2. The standard InChI is InChI=1S/C13H20N2O/c14-9-11(12-6-1-2-7-15-12)13(16)8-10-4-3-5-10/h1-2,6-7,10-11,13,16H,3-5,8-9,14H2. The first-order valence-electron chi connectivity index (χ1n) is 6.10. The smallest absolute Gasteiger partial charge is 0.0638 e. The van der Waals surface area contributed by atoms with Crippen LogP contribution >= 0.6 is 0 Å². The van der Waals surface area contributed by atoms with Crippen molar-refractivity contribution in [1.29, 1.82) is 0 Å². The molecule has 0 bridgehead atoms. The van der Waals surface area contributed by atoms with E-state index in [1.807, 2.05) is 18.2 Å². The zero-order valence-electron chi connectivity index (χ0n) is 9.55. The van der Waals surface area contributed by atoms with Gasteiger partial charge >= 0.3 is 0 Å². The van der Waals surface area contributed by atoms with E-state index in [1.165, 1.54) is 19.3 Å². The molecule has 1 heterocycles. The summed E-state index contributed by atoms with van der Waals surface area (Å²) in [6, 6.07) is 5.78. The Hall–Kier alpha value is -0.930. The van der Waals surface area contributed by atoms with Gasteiger partial charge in [-0.25, -0.2) is 0 Å². The molecule has 1 aliphatic rings. The molecule has 0 radical (unpaired) electrons. The molecule has 3 nitrogen and oxygen atoms in total. The second-order valence-electron chi connectivity index (χ2n) is 4.70. The Labute approximate surface area is 96.7 Å². The highest BCUT2D eigenvalue weighted by Crippen LogP contribution is 2.33. The van der Waals surface area contributed by atoms with E-state index >= 15 is 0 Å². The summed E-state index contributed by atoms with van der Waals surface area (Å²) in [5.74, 6) is 0.689. The van der Waals surface area contributed by atoms with Crippen LogP contribution in [0.1, 0.15) is 37.3 Å². The summed E-state index contributed by atoms with van der Waals surface area (Å²) in [5.41, 5.74) is 6.65. The van der Waals surface area contributed by atoms with Gasteiger partial charge in [-0.15, -0.1) is 0 Å². The van der Waals surface area contributed by atoms with Crippen LogP contribution in [-0.4, -0.2) is 22.7 Å². The zero-order valence-corrected chi connectivity index (χ0v) is 9.55. The van der Waals surface area contributed by atoms with E-state index in [4.69, 9.17) is 5.73 Å². The van der Waals surface area contributed by atoms with E-state index in [2.05, 4.69) is 4.98 Å². The maximum absolute atomic E-state index is 10.2. The van der Waals surface area contributed by atoms with Gasteiger partial charge in [0.2, 0.25) is 0 Å². The second-order valence-corrected chi connectivity index (χ2v) is 4.70. The van der Waals surface area contributed by atoms with Crippen LogP contribution in [-0.2, 0) is 0 Å². The molecule has 0 aromatic carbocycles. The van der Waals surface area contributed by atoms with Crippen LogP contribution in [0.15, 0.2) is 24.4 Å². The van der Waals surface area contributed by atoms with Crippen molar-refractivity contribution in [2.75, 3.05) is 6.54 Å². The molecule has 1 aliphatic carbocycles. The van der Waals surface area contributed by atoms with Gasteiger partial charge in [0.15, 0.2) is 0 Å². The lowest BCUT2D eigenvalue weighted by atomic mass is 9.78. The molecule has 1 saturated carbocycles. The first-order valence-corrected chi connectivity index (χ1v) is 6.10. The largest absolute Gasteiger partial charge is 0.392 e. The highest BCUT2D eigenvalue weighted by Gasteiger charge is 2.27. The van der Waals surface area contributed by atoms with Crippen molar-refractivity contribution in [2.24, 2.45) is 11.7 Å². The van der Waals surface area contributed by atoms with E-state index in [1.54, 1.807) is 6.20 Å². The molecule has 0 spiro atoms. The number of aromatic nitrogens is 1. The first kappa shape index (κ1) is 11.6. The second kappa shape index (κ2) is 5.41. The van der Waals surface area contributed by atoms with E-state index in [0.717, 1.165) is 12.1 Å². The zero-order chi connectivity index (χ0) is 11.4. The minimum Gasteiger partial charge on any atom is -0.392 e. The van der Waals surface area contributed by atoms with E-state index in [9.17, 15) is 5.11 Å². The van der Waals surface area contributed by atoms with Crippen molar-refractivity contribution in [2.45, 2.75) is 37.7 Å². The van der Waals surface area contributed by atoms with Crippen molar-refractivity contribution in [3.63, 3.8) is 0 Å². The predicted molar refractivity (Wildman–Crippen MR) is 64.0 cm³/mol. The summed E-state index contributed by atoms with van der Waals surface area (Å²) in [6.07, 6.45) is 6.12. The average molecular weight is 220 g/mol. The quantitative estimate of drug-likeness (QED) is 0.793. The number of pyridine rings is 1. The fraction of sp³-hybridized carbons (Fsp3) is 0.615. The lowest BCUT2D eigenvalue weighted by Crippen LogP contribution is -2.30. The monoisotopic (exact) mass is 220 g/mol. The van der Waals surface area contributed by atoms with E-state index < -0.39 is 0 Å². The molecule has 3 heteroatoms. The van der Waals surface area contributed by atoms with Crippen LogP contribution in [0.5, 0.6) is 0 Å². The minimum absolute atomic E-state index is 0.0122. The lowest BCUT2D eigenvalue weighted by Gasteiger charge is -2.30. The summed E-state index contributed by atoms with van der Waals surface area (Å²) in [6.45, 7) is 0.463. The highest BCUT2D eigenvalue weighted by atomic mass is 16.3. The molecule has 1 aromatic heterocycles. The number of aliphatic hydroxyl groups excluding tert-OH is 1. The van der Waals surface area contributed by atoms with Gasteiger partial charge in [-0.2, -0.15) is 0 Å². The number of nitrogens with two attached hydrogens (primary N) is 1. The maximum Gasteiger partial charge on any atom is 0.0638 e. The van der Waals surface area contributed by atoms with Crippen LogP contribution in [0.2, 0.25) is 0 Å². The van der Waals surface area contributed by atoms with Gasteiger partial charge in [-0.05, 0) is 24.5 Å². The Morgan fingerprint density at radius 3 is 2.75 bits per heavy atom.